The summed E-state index contributed by atoms with van der Waals surface area (Å²) >= 11 is 0. The zero-order valence-electron chi connectivity index (χ0n) is 20.3. The van der Waals surface area contributed by atoms with Gasteiger partial charge in [0.05, 0.1) is 13.1 Å². The normalized spacial score (nSPS) is 16.1. The van der Waals surface area contributed by atoms with Crippen molar-refractivity contribution in [2.45, 2.75) is 78.7 Å². The fourth-order valence-corrected chi connectivity index (χ4v) is 3.36. The predicted octanol–water partition coefficient (Wildman–Crippen LogP) is 2.56. The largest absolute Gasteiger partial charge is 0.444 e. The first-order chi connectivity index (χ1) is 14.8. The summed E-state index contributed by atoms with van der Waals surface area (Å²) in [6.45, 7) is 13.3. The molecule has 1 aromatic heterocycles. The van der Waals surface area contributed by atoms with Gasteiger partial charge in [0.25, 0.3) is 0 Å². The summed E-state index contributed by atoms with van der Waals surface area (Å²) in [5.41, 5.74) is -0.507. The maximum absolute atomic E-state index is 12.4. The molecule has 0 saturated carbocycles. The van der Waals surface area contributed by atoms with Crippen molar-refractivity contribution >= 4 is 36.0 Å². The summed E-state index contributed by atoms with van der Waals surface area (Å²) < 4.78 is 12.6. The van der Waals surface area contributed by atoms with Crippen LogP contribution in [0.2, 0.25) is 0 Å². The predicted molar refractivity (Wildman–Crippen MR) is 135 cm³/mol. The van der Waals surface area contributed by atoms with Crippen molar-refractivity contribution in [3.63, 3.8) is 0 Å². The van der Waals surface area contributed by atoms with Gasteiger partial charge < -0.3 is 25.0 Å². The SMILES string of the molecule is CCCN(CCN=C(NCC)NC1CCc2nc(COC)nn2C1)C(=O)OC(C)(C)C.I. The number of methoxy groups -OCH3 is 1. The molecule has 10 nitrogen and oxygen atoms in total. The second-order valence-corrected chi connectivity index (χ2v) is 8.67. The molecule has 11 heteroatoms. The third-order valence-corrected chi connectivity index (χ3v) is 4.65. The van der Waals surface area contributed by atoms with Crippen molar-refractivity contribution in [3.05, 3.63) is 11.6 Å². The number of rotatable bonds is 9. The van der Waals surface area contributed by atoms with E-state index in [1.807, 2.05) is 39.3 Å². The lowest BCUT2D eigenvalue weighted by Crippen LogP contribution is -2.47. The molecule has 0 fully saturated rings. The van der Waals surface area contributed by atoms with Gasteiger partial charge in [-0.15, -0.1) is 24.0 Å². The molecule has 0 bridgehead atoms. The molecule has 0 radical (unpaired) electrons. The van der Waals surface area contributed by atoms with E-state index in [1.54, 1.807) is 12.0 Å². The van der Waals surface area contributed by atoms with Crippen LogP contribution in [0.3, 0.4) is 0 Å². The number of fused-ring (bicyclic) bond motifs is 1. The summed E-state index contributed by atoms with van der Waals surface area (Å²) in [6.07, 6.45) is 2.39. The summed E-state index contributed by atoms with van der Waals surface area (Å²) in [5.74, 6) is 2.46. The Morgan fingerprint density at radius 2 is 2.06 bits per heavy atom. The summed E-state index contributed by atoms with van der Waals surface area (Å²) in [6, 6.07) is 0.208. The van der Waals surface area contributed by atoms with E-state index in [4.69, 9.17) is 9.47 Å². The lowest BCUT2D eigenvalue weighted by Gasteiger charge is -2.27. The molecule has 2 N–H and O–H groups in total. The van der Waals surface area contributed by atoms with Crippen LogP contribution in [0.1, 0.15) is 59.1 Å². The zero-order valence-corrected chi connectivity index (χ0v) is 22.6. The highest BCUT2D eigenvalue weighted by molar-refractivity contribution is 14.0. The molecule has 184 valence electrons. The number of carbonyl (C=O) groups is 1. The minimum atomic E-state index is -0.507. The second kappa shape index (κ2) is 13.8. The Bertz CT molecular complexity index is 733. The number of hydrogen-bond acceptors (Lipinski definition) is 6. The van der Waals surface area contributed by atoms with Gasteiger partial charge in [-0.2, -0.15) is 5.10 Å². The van der Waals surface area contributed by atoms with Crippen LogP contribution in [-0.2, 0) is 29.0 Å². The minimum Gasteiger partial charge on any atom is -0.444 e. The van der Waals surface area contributed by atoms with Crippen molar-refractivity contribution in [2.75, 3.05) is 33.3 Å². The standard InChI is InChI=1S/C21H39N7O3.HI/c1-7-12-27(20(29)31-21(3,4)5)13-11-23-19(22-8-2)24-16-9-10-18-25-17(15-30-6)26-28(18)14-16;/h16H,7-15H2,1-6H3,(H2,22,23,24);1H. The third-order valence-electron chi connectivity index (χ3n) is 4.65. The average Bonchev–Trinajstić information content (AvgIpc) is 3.08. The van der Waals surface area contributed by atoms with Crippen LogP contribution in [0.4, 0.5) is 4.79 Å². The fraction of sp³-hybridized carbons (Fsp3) is 0.810. The highest BCUT2D eigenvalue weighted by Gasteiger charge is 2.23. The zero-order chi connectivity index (χ0) is 22.9. The quantitative estimate of drug-likeness (QED) is 0.269. The first kappa shape index (κ1) is 28.4. The number of hydrogen-bond donors (Lipinski definition) is 2. The summed E-state index contributed by atoms with van der Waals surface area (Å²) in [4.78, 5) is 23.4. The number of aryl methyl sites for hydroxylation is 1. The van der Waals surface area contributed by atoms with Crippen LogP contribution in [0.25, 0.3) is 0 Å². The number of halogens is 1. The number of nitrogens with zero attached hydrogens (tertiary/aromatic N) is 5. The van der Waals surface area contributed by atoms with E-state index in [0.717, 1.165) is 50.0 Å². The van der Waals surface area contributed by atoms with Gasteiger partial charge in [-0.3, -0.25) is 4.99 Å². The molecule has 1 aliphatic rings. The Morgan fingerprint density at radius 3 is 2.69 bits per heavy atom. The number of guanidine groups is 1. The van der Waals surface area contributed by atoms with Crippen molar-refractivity contribution in [3.8, 4) is 0 Å². The second-order valence-electron chi connectivity index (χ2n) is 8.67. The summed E-state index contributed by atoms with van der Waals surface area (Å²) in [5, 5.41) is 11.3. The van der Waals surface area contributed by atoms with E-state index in [0.29, 0.717) is 26.2 Å². The van der Waals surface area contributed by atoms with Gasteiger partial charge in [0.15, 0.2) is 11.8 Å². The third kappa shape index (κ3) is 9.47. The molecule has 2 heterocycles. The van der Waals surface area contributed by atoms with Gasteiger partial charge in [-0.05, 0) is 40.5 Å². The van der Waals surface area contributed by atoms with E-state index in [9.17, 15) is 4.79 Å². The maximum Gasteiger partial charge on any atom is 0.410 e. The van der Waals surface area contributed by atoms with Gasteiger partial charge in [0, 0.05) is 39.2 Å². The van der Waals surface area contributed by atoms with Crippen molar-refractivity contribution in [1.29, 1.82) is 0 Å². The van der Waals surface area contributed by atoms with Crippen LogP contribution >= 0.6 is 24.0 Å². The number of aromatic nitrogens is 3. The molecule has 32 heavy (non-hydrogen) atoms. The van der Waals surface area contributed by atoms with Gasteiger partial charge >= 0.3 is 6.09 Å². The van der Waals surface area contributed by atoms with Gasteiger partial charge in [-0.25, -0.2) is 14.5 Å². The Balaban J connectivity index is 0.00000512. The lowest BCUT2D eigenvalue weighted by atomic mass is 10.1. The lowest BCUT2D eigenvalue weighted by molar-refractivity contribution is 0.0256. The molecular weight excluding hydrogens is 525 g/mol. The highest BCUT2D eigenvalue weighted by atomic mass is 127. The van der Waals surface area contributed by atoms with Crippen LogP contribution in [0.15, 0.2) is 4.99 Å². The van der Waals surface area contributed by atoms with E-state index < -0.39 is 5.60 Å². The Hall–Kier alpha value is -1.63. The Morgan fingerprint density at radius 1 is 1.31 bits per heavy atom. The van der Waals surface area contributed by atoms with Crippen LogP contribution in [0.5, 0.6) is 0 Å². The fourth-order valence-electron chi connectivity index (χ4n) is 3.36. The van der Waals surface area contributed by atoms with E-state index >= 15 is 0 Å². The molecule has 1 amide bonds. The number of amides is 1. The van der Waals surface area contributed by atoms with Crippen LogP contribution in [-0.4, -0.2) is 76.6 Å². The number of nitrogens with one attached hydrogen (secondary N) is 2. The molecule has 0 aliphatic carbocycles. The van der Waals surface area contributed by atoms with E-state index in [2.05, 4.69) is 25.7 Å². The monoisotopic (exact) mass is 565 g/mol. The molecule has 1 aromatic rings. The van der Waals surface area contributed by atoms with Crippen molar-refractivity contribution in [1.82, 2.24) is 30.3 Å². The number of ether oxygens (including phenoxy) is 2. The maximum atomic E-state index is 12.4. The highest BCUT2D eigenvalue weighted by Crippen LogP contribution is 2.14. The first-order valence-electron chi connectivity index (χ1n) is 11.2. The molecule has 0 spiro atoms. The topological polar surface area (TPSA) is 106 Å². The van der Waals surface area contributed by atoms with Crippen LogP contribution < -0.4 is 10.6 Å². The smallest absolute Gasteiger partial charge is 0.410 e. The molecule has 1 aliphatic heterocycles. The molecular formula is C21H40IN7O3. The Kier molecular flexibility index (Phi) is 12.3. The molecule has 0 aromatic carbocycles. The van der Waals surface area contributed by atoms with Gasteiger partial charge in [0.2, 0.25) is 0 Å². The molecule has 1 atom stereocenters. The first-order valence-corrected chi connectivity index (χ1v) is 11.2. The molecule has 0 saturated heterocycles. The Labute approximate surface area is 208 Å². The van der Waals surface area contributed by atoms with E-state index in [1.165, 1.54) is 0 Å². The van der Waals surface area contributed by atoms with Crippen molar-refractivity contribution in [2.24, 2.45) is 4.99 Å². The van der Waals surface area contributed by atoms with Crippen molar-refractivity contribution < 1.29 is 14.3 Å². The molecule has 1 unspecified atom stereocenters. The number of carbonyl (C=O) groups excluding carboxylic acids is 1. The van der Waals surface area contributed by atoms with Gasteiger partial charge in [0.1, 0.15) is 18.0 Å². The number of aliphatic imine (C=N–C) groups is 1. The van der Waals surface area contributed by atoms with E-state index in [-0.39, 0.29) is 36.1 Å². The molecule has 2 rings (SSSR count). The van der Waals surface area contributed by atoms with Gasteiger partial charge in [-0.1, -0.05) is 6.92 Å². The average molecular weight is 566 g/mol. The summed E-state index contributed by atoms with van der Waals surface area (Å²) in [7, 11) is 1.65. The minimum absolute atomic E-state index is 0. The van der Waals surface area contributed by atoms with Crippen LogP contribution in [0, 0.1) is 0 Å².